The van der Waals surface area contributed by atoms with Crippen LogP contribution in [0, 0.1) is 5.41 Å². The van der Waals surface area contributed by atoms with Gasteiger partial charge in [-0.1, -0.05) is 6.07 Å². The van der Waals surface area contributed by atoms with Gasteiger partial charge < -0.3 is 9.47 Å². The number of carbonyl (C=O) groups is 2. The van der Waals surface area contributed by atoms with Crippen molar-refractivity contribution in [2.24, 2.45) is 10.4 Å². The number of carbonyl (C=O) groups excluding carboxylic acids is 2. The Kier molecular flexibility index (Phi) is 3.93. The van der Waals surface area contributed by atoms with Crippen LogP contribution >= 0.6 is 0 Å². The summed E-state index contributed by atoms with van der Waals surface area (Å²) in [5.41, 5.74) is -0.365. The number of esters is 2. The van der Waals surface area contributed by atoms with Gasteiger partial charge >= 0.3 is 11.9 Å². The van der Waals surface area contributed by atoms with Crippen molar-refractivity contribution in [3.63, 3.8) is 0 Å². The van der Waals surface area contributed by atoms with E-state index in [1.54, 1.807) is 24.4 Å². The van der Waals surface area contributed by atoms with Crippen LogP contribution in [0.15, 0.2) is 41.7 Å². The summed E-state index contributed by atoms with van der Waals surface area (Å²) in [7, 11) is 2.46. The van der Waals surface area contributed by atoms with Crippen molar-refractivity contribution < 1.29 is 19.1 Å². The SMILES string of the molecule is COC(=O)C1(C(=O)OC)C=CN=C(c2ccccn2)C1. The fraction of sp³-hybridized carbons (Fsp3) is 0.286. The minimum absolute atomic E-state index is 0.0554. The molecule has 1 aromatic heterocycles. The van der Waals surface area contributed by atoms with Crippen molar-refractivity contribution in [2.45, 2.75) is 6.42 Å². The van der Waals surface area contributed by atoms with Gasteiger partial charge in [-0.05, 0) is 18.2 Å². The summed E-state index contributed by atoms with van der Waals surface area (Å²) in [5, 5.41) is 0. The van der Waals surface area contributed by atoms with Crippen LogP contribution in [0.2, 0.25) is 0 Å². The second-order valence-corrected chi connectivity index (χ2v) is 4.24. The van der Waals surface area contributed by atoms with Crippen molar-refractivity contribution in [3.8, 4) is 0 Å². The number of rotatable bonds is 3. The third-order valence-electron chi connectivity index (χ3n) is 3.10. The maximum Gasteiger partial charge on any atom is 0.327 e. The van der Waals surface area contributed by atoms with Crippen LogP contribution in [0.4, 0.5) is 0 Å². The minimum atomic E-state index is -1.50. The summed E-state index contributed by atoms with van der Waals surface area (Å²) in [4.78, 5) is 32.4. The fourth-order valence-corrected chi connectivity index (χ4v) is 2.04. The molecule has 104 valence electrons. The van der Waals surface area contributed by atoms with Gasteiger partial charge in [0.15, 0.2) is 5.41 Å². The molecule has 0 N–H and O–H groups in total. The number of nitrogens with zero attached hydrogens (tertiary/aromatic N) is 2. The van der Waals surface area contributed by atoms with Gasteiger partial charge in [-0.25, -0.2) is 0 Å². The molecule has 2 heterocycles. The van der Waals surface area contributed by atoms with Gasteiger partial charge in [0, 0.05) is 18.8 Å². The van der Waals surface area contributed by atoms with E-state index in [4.69, 9.17) is 9.47 Å². The number of hydrogen-bond acceptors (Lipinski definition) is 6. The highest BCUT2D eigenvalue weighted by Crippen LogP contribution is 2.32. The molecule has 20 heavy (non-hydrogen) atoms. The molecule has 1 aliphatic rings. The lowest BCUT2D eigenvalue weighted by atomic mass is 9.80. The van der Waals surface area contributed by atoms with Crippen molar-refractivity contribution in [2.75, 3.05) is 14.2 Å². The first-order valence-corrected chi connectivity index (χ1v) is 5.96. The Hall–Kier alpha value is -2.50. The summed E-state index contributed by atoms with van der Waals surface area (Å²) >= 11 is 0. The van der Waals surface area contributed by atoms with Crippen LogP contribution in [0.25, 0.3) is 0 Å². The summed E-state index contributed by atoms with van der Waals surface area (Å²) in [6, 6.07) is 5.34. The molecule has 0 aliphatic carbocycles. The zero-order valence-electron chi connectivity index (χ0n) is 11.2. The second-order valence-electron chi connectivity index (χ2n) is 4.24. The average molecular weight is 274 g/mol. The van der Waals surface area contributed by atoms with E-state index >= 15 is 0 Å². The quantitative estimate of drug-likeness (QED) is 0.609. The lowest BCUT2D eigenvalue weighted by Crippen LogP contribution is -2.42. The average Bonchev–Trinajstić information content (AvgIpc) is 2.54. The summed E-state index contributed by atoms with van der Waals surface area (Å²) in [6.07, 6.45) is 4.48. The van der Waals surface area contributed by atoms with Crippen LogP contribution in [-0.2, 0) is 19.1 Å². The molecule has 0 saturated carbocycles. The second kappa shape index (κ2) is 5.64. The molecule has 1 aliphatic heterocycles. The maximum absolute atomic E-state index is 12.0. The molecule has 0 fully saturated rings. The largest absolute Gasteiger partial charge is 0.468 e. The highest BCUT2D eigenvalue weighted by atomic mass is 16.5. The van der Waals surface area contributed by atoms with E-state index in [1.165, 1.54) is 26.5 Å². The van der Waals surface area contributed by atoms with E-state index in [9.17, 15) is 9.59 Å². The topological polar surface area (TPSA) is 77.9 Å². The van der Waals surface area contributed by atoms with Gasteiger partial charge in [0.2, 0.25) is 0 Å². The van der Waals surface area contributed by atoms with E-state index in [2.05, 4.69) is 9.98 Å². The lowest BCUT2D eigenvalue weighted by Gasteiger charge is -2.27. The van der Waals surface area contributed by atoms with E-state index < -0.39 is 17.4 Å². The molecule has 0 aromatic carbocycles. The number of hydrogen-bond donors (Lipinski definition) is 0. The van der Waals surface area contributed by atoms with Crippen LogP contribution in [0.1, 0.15) is 12.1 Å². The van der Waals surface area contributed by atoms with Gasteiger partial charge in [-0.15, -0.1) is 0 Å². The molecule has 0 unspecified atom stereocenters. The van der Waals surface area contributed by atoms with Crippen LogP contribution in [0.5, 0.6) is 0 Å². The number of pyridine rings is 1. The Bertz CT molecular complexity index is 562. The monoisotopic (exact) mass is 274 g/mol. The highest BCUT2D eigenvalue weighted by Gasteiger charge is 2.48. The maximum atomic E-state index is 12.0. The van der Waals surface area contributed by atoms with E-state index in [0.29, 0.717) is 11.4 Å². The van der Waals surface area contributed by atoms with Crippen molar-refractivity contribution >= 4 is 17.7 Å². The Labute approximate surface area is 116 Å². The molecule has 2 rings (SSSR count). The van der Waals surface area contributed by atoms with Crippen LogP contribution in [-0.4, -0.2) is 36.9 Å². The molecule has 6 heteroatoms. The van der Waals surface area contributed by atoms with E-state index in [-0.39, 0.29) is 6.42 Å². The van der Waals surface area contributed by atoms with Gasteiger partial charge in [-0.3, -0.25) is 19.6 Å². The Morgan fingerprint density at radius 1 is 1.20 bits per heavy atom. The molecule has 0 spiro atoms. The van der Waals surface area contributed by atoms with Crippen molar-refractivity contribution in [3.05, 3.63) is 42.4 Å². The molecular formula is C14H14N2O4. The zero-order chi connectivity index (χ0) is 14.6. The first-order valence-electron chi connectivity index (χ1n) is 5.96. The molecule has 1 aromatic rings. The number of methoxy groups -OCH3 is 2. The predicted molar refractivity (Wildman–Crippen MR) is 71.0 cm³/mol. The third-order valence-corrected chi connectivity index (χ3v) is 3.10. The van der Waals surface area contributed by atoms with E-state index in [1.807, 2.05) is 0 Å². The van der Waals surface area contributed by atoms with Gasteiger partial charge in [0.25, 0.3) is 0 Å². The first kappa shape index (κ1) is 13.9. The van der Waals surface area contributed by atoms with Gasteiger partial charge in [0.05, 0.1) is 25.6 Å². The zero-order valence-corrected chi connectivity index (χ0v) is 11.2. The predicted octanol–water partition coefficient (Wildman–Crippen LogP) is 1.12. The third kappa shape index (κ3) is 2.32. The van der Waals surface area contributed by atoms with Crippen LogP contribution < -0.4 is 0 Å². The summed E-state index contributed by atoms with van der Waals surface area (Å²) < 4.78 is 9.47. The Morgan fingerprint density at radius 3 is 2.45 bits per heavy atom. The normalized spacial score (nSPS) is 16.2. The number of aliphatic imine (C=N–C) groups is 1. The Balaban J connectivity index is 2.40. The lowest BCUT2D eigenvalue weighted by molar-refractivity contribution is -0.164. The van der Waals surface area contributed by atoms with Crippen LogP contribution in [0.3, 0.4) is 0 Å². The summed E-state index contributed by atoms with van der Waals surface area (Å²) in [6.45, 7) is 0. The number of aromatic nitrogens is 1. The smallest absolute Gasteiger partial charge is 0.327 e. The number of ether oxygens (including phenoxy) is 2. The first-order chi connectivity index (χ1) is 9.64. The van der Waals surface area contributed by atoms with Gasteiger partial charge in [0.1, 0.15) is 0 Å². The molecule has 0 bridgehead atoms. The van der Waals surface area contributed by atoms with Crippen molar-refractivity contribution in [1.29, 1.82) is 0 Å². The molecule has 6 nitrogen and oxygen atoms in total. The summed E-state index contributed by atoms with van der Waals surface area (Å²) in [5.74, 6) is -1.35. The van der Waals surface area contributed by atoms with E-state index in [0.717, 1.165) is 0 Å². The Morgan fingerprint density at radius 2 is 1.90 bits per heavy atom. The van der Waals surface area contributed by atoms with Crippen molar-refractivity contribution in [1.82, 2.24) is 4.98 Å². The molecule has 0 atom stereocenters. The van der Waals surface area contributed by atoms with Gasteiger partial charge in [-0.2, -0.15) is 0 Å². The molecular weight excluding hydrogens is 260 g/mol. The fourth-order valence-electron chi connectivity index (χ4n) is 2.04. The minimum Gasteiger partial charge on any atom is -0.468 e. The molecule has 0 amide bonds. The standard InChI is InChI=1S/C14H14N2O4/c1-19-12(17)14(13(18)20-2)6-8-16-11(9-14)10-5-3-4-7-15-10/h3-8H,9H2,1-2H3. The highest BCUT2D eigenvalue weighted by molar-refractivity contribution is 6.11. The molecule has 0 radical (unpaired) electrons. The molecule has 0 saturated heterocycles.